The van der Waals surface area contributed by atoms with Crippen molar-refractivity contribution < 1.29 is 4.79 Å². The first-order valence-electron chi connectivity index (χ1n) is 6.27. The maximum absolute atomic E-state index is 11.0. The molecule has 3 heteroatoms. The molecule has 0 radical (unpaired) electrons. The first kappa shape index (κ1) is 11.4. The molecule has 1 saturated carbocycles. The molecule has 1 aromatic heterocycles. The van der Waals surface area contributed by atoms with E-state index in [4.69, 9.17) is 0 Å². The second-order valence-corrected chi connectivity index (χ2v) is 5.00. The maximum Gasteiger partial charge on any atom is 0.168 e. The van der Waals surface area contributed by atoms with Crippen LogP contribution in [0.4, 0.5) is 0 Å². The van der Waals surface area contributed by atoms with Crippen molar-refractivity contribution in [1.29, 1.82) is 0 Å². The zero-order chi connectivity index (χ0) is 11.5. The topological polar surface area (TPSA) is 34.9 Å². The van der Waals surface area contributed by atoms with Gasteiger partial charge in [0, 0.05) is 0 Å². The van der Waals surface area contributed by atoms with Gasteiger partial charge in [-0.1, -0.05) is 33.1 Å². The molecule has 16 heavy (non-hydrogen) atoms. The predicted molar refractivity (Wildman–Crippen MR) is 63.8 cm³/mol. The molecule has 1 aliphatic rings. The van der Waals surface area contributed by atoms with Gasteiger partial charge >= 0.3 is 0 Å². The molecule has 0 aromatic carbocycles. The van der Waals surface area contributed by atoms with Gasteiger partial charge in [0.15, 0.2) is 6.29 Å². The van der Waals surface area contributed by atoms with Gasteiger partial charge in [0.1, 0.15) is 5.69 Å². The molecule has 0 N–H and O–H groups in total. The molecule has 3 nitrogen and oxygen atoms in total. The van der Waals surface area contributed by atoms with Crippen LogP contribution in [0.2, 0.25) is 0 Å². The second-order valence-electron chi connectivity index (χ2n) is 5.00. The van der Waals surface area contributed by atoms with Crippen LogP contribution in [0, 0.1) is 0 Å². The monoisotopic (exact) mass is 220 g/mol. The summed E-state index contributed by atoms with van der Waals surface area (Å²) in [5, 5.41) is 4.59. The zero-order valence-corrected chi connectivity index (χ0v) is 10.1. The minimum absolute atomic E-state index is 0.392. The minimum Gasteiger partial charge on any atom is -0.296 e. The van der Waals surface area contributed by atoms with E-state index >= 15 is 0 Å². The molecule has 1 heterocycles. The number of hydrogen-bond acceptors (Lipinski definition) is 2. The SMILES string of the molecule is CC(C)c1cc(C=O)n(C2CCCCC2)n1. The third kappa shape index (κ3) is 2.18. The standard InChI is InChI=1S/C13H20N2O/c1-10(2)13-8-12(9-16)15(14-13)11-6-4-3-5-7-11/h8-11H,3-7H2,1-2H3. The molecule has 0 saturated heterocycles. The van der Waals surface area contributed by atoms with E-state index in [0.29, 0.717) is 12.0 Å². The van der Waals surface area contributed by atoms with Crippen molar-refractivity contribution in [2.75, 3.05) is 0 Å². The molecule has 0 unspecified atom stereocenters. The van der Waals surface area contributed by atoms with Crippen LogP contribution in [0.15, 0.2) is 6.07 Å². The zero-order valence-electron chi connectivity index (χ0n) is 10.1. The first-order chi connectivity index (χ1) is 7.72. The smallest absolute Gasteiger partial charge is 0.168 e. The molecular formula is C13H20N2O. The van der Waals surface area contributed by atoms with E-state index < -0.39 is 0 Å². The van der Waals surface area contributed by atoms with Crippen LogP contribution in [0.3, 0.4) is 0 Å². The van der Waals surface area contributed by atoms with Gasteiger partial charge in [0.05, 0.1) is 11.7 Å². The third-order valence-electron chi connectivity index (χ3n) is 3.42. The minimum atomic E-state index is 0.392. The van der Waals surface area contributed by atoms with Gasteiger partial charge < -0.3 is 0 Å². The summed E-state index contributed by atoms with van der Waals surface area (Å²) < 4.78 is 1.96. The number of rotatable bonds is 3. The molecule has 0 bridgehead atoms. The summed E-state index contributed by atoms with van der Waals surface area (Å²) in [6, 6.07) is 2.38. The third-order valence-corrected chi connectivity index (χ3v) is 3.42. The number of carbonyl (C=O) groups excluding carboxylic acids is 1. The predicted octanol–water partition coefficient (Wildman–Crippen LogP) is 3.32. The molecule has 0 atom stereocenters. The van der Waals surface area contributed by atoms with Crippen LogP contribution in [-0.4, -0.2) is 16.1 Å². The molecule has 2 rings (SSSR count). The lowest BCUT2D eigenvalue weighted by atomic mass is 9.95. The average Bonchev–Trinajstić information content (AvgIpc) is 2.74. The van der Waals surface area contributed by atoms with Crippen molar-refractivity contribution >= 4 is 6.29 Å². The number of aldehydes is 1. The van der Waals surface area contributed by atoms with E-state index in [0.717, 1.165) is 17.7 Å². The summed E-state index contributed by atoms with van der Waals surface area (Å²) in [7, 11) is 0. The Hall–Kier alpha value is -1.12. The van der Waals surface area contributed by atoms with Crippen LogP contribution in [0.5, 0.6) is 0 Å². The Morgan fingerprint density at radius 1 is 1.38 bits per heavy atom. The van der Waals surface area contributed by atoms with Gasteiger partial charge in [-0.3, -0.25) is 9.48 Å². The normalized spacial score (nSPS) is 17.9. The lowest BCUT2D eigenvalue weighted by Crippen LogP contribution is -2.16. The van der Waals surface area contributed by atoms with Crippen molar-refractivity contribution in [3.8, 4) is 0 Å². The highest BCUT2D eigenvalue weighted by atomic mass is 16.1. The molecule has 1 aliphatic carbocycles. The molecule has 1 aromatic rings. The highest BCUT2D eigenvalue weighted by Crippen LogP contribution is 2.29. The summed E-state index contributed by atoms with van der Waals surface area (Å²) in [5.41, 5.74) is 1.78. The molecule has 0 aliphatic heterocycles. The van der Waals surface area contributed by atoms with Gasteiger partial charge in [0.25, 0.3) is 0 Å². The molecule has 1 fully saturated rings. The Morgan fingerprint density at radius 3 is 2.62 bits per heavy atom. The van der Waals surface area contributed by atoms with Gasteiger partial charge in [-0.15, -0.1) is 0 Å². The van der Waals surface area contributed by atoms with E-state index in [1.165, 1.54) is 32.1 Å². The van der Waals surface area contributed by atoms with Crippen LogP contribution in [0.1, 0.15) is 74.1 Å². The fraction of sp³-hybridized carbons (Fsp3) is 0.692. The summed E-state index contributed by atoms with van der Waals surface area (Å²) >= 11 is 0. The lowest BCUT2D eigenvalue weighted by Gasteiger charge is -2.22. The molecular weight excluding hydrogens is 200 g/mol. The van der Waals surface area contributed by atoms with Crippen molar-refractivity contribution in [1.82, 2.24) is 9.78 Å². The van der Waals surface area contributed by atoms with Crippen molar-refractivity contribution in [2.45, 2.75) is 57.9 Å². The number of aromatic nitrogens is 2. The van der Waals surface area contributed by atoms with E-state index in [9.17, 15) is 4.79 Å². The van der Waals surface area contributed by atoms with Crippen LogP contribution in [0.25, 0.3) is 0 Å². The molecule has 0 amide bonds. The van der Waals surface area contributed by atoms with Crippen LogP contribution < -0.4 is 0 Å². The van der Waals surface area contributed by atoms with Crippen molar-refractivity contribution in [3.05, 3.63) is 17.5 Å². The van der Waals surface area contributed by atoms with Gasteiger partial charge in [-0.2, -0.15) is 5.10 Å². The largest absolute Gasteiger partial charge is 0.296 e. The fourth-order valence-electron chi connectivity index (χ4n) is 2.42. The summed E-state index contributed by atoms with van der Waals surface area (Å²) in [5.74, 6) is 0.392. The van der Waals surface area contributed by atoms with Crippen molar-refractivity contribution in [3.63, 3.8) is 0 Å². The quantitative estimate of drug-likeness (QED) is 0.732. The van der Waals surface area contributed by atoms with Gasteiger partial charge in [-0.05, 0) is 24.8 Å². The van der Waals surface area contributed by atoms with E-state index in [-0.39, 0.29) is 0 Å². The lowest BCUT2D eigenvalue weighted by molar-refractivity contribution is 0.111. The second kappa shape index (κ2) is 4.81. The highest BCUT2D eigenvalue weighted by molar-refractivity contribution is 5.72. The number of nitrogens with zero attached hydrogens (tertiary/aromatic N) is 2. The fourth-order valence-corrected chi connectivity index (χ4v) is 2.42. The van der Waals surface area contributed by atoms with Gasteiger partial charge in [-0.25, -0.2) is 0 Å². The Kier molecular flexibility index (Phi) is 3.42. The number of hydrogen-bond donors (Lipinski definition) is 0. The van der Waals surface area contributed by atoms with E-state index in [2.05, 4.69) is 18.9 Å². The van der Waals surface area contributed by atoms with Gasteiger partial charge in [0.2, 0.25) is 0 Å². The Morgan fingerprint density at radius 2 is 2.06 bits per heavy atom. The van der Waals surface area contributed by atoms with E-state index in [1.807, 2.05) is 10.7 Å². The summed E-state index contributed by atoms with van der Waals surface area (Å²) in [6.07, 6.45) is 7.12. The number of carbonyl (C=O) groups is 1. The van der Waals surface area contributed by atoms with Crippen LogP contribution >= 0.6 is 0 Å². The average molecular weight is 220 g/mol. The van der Waals surface area contributed by atoms with Crippen LogP contribution in [-0.2, 0) is 0 Å². The first-order valence-corrected chi connectivity index (χ1v) is 6.27. The Balaban J connectivity index is 2.26. The summed E-state index contributed by atoms with van der Waals surface area (Å²) in [6.45, 7) is 4.23. The maximum atomic E-state index is 11.0. The van der Waals surface area contributed by atoms with E-state index in [1.54, 1.807) is 0 Å². The Labute approximate surface area is 96.8 Å². The van der Waals surface area contributed by atoms with Crippen molar-refractivity contribution in [2.24, 2.45) is 0 Å². The molecule has 88 valence electrons. The molecule has 0 spiro atoms. The summed E-state index contributed by atoms with van der Waals surface area (Å²) in [4.78, 5) is 11.0. The highest BCUT2D eigenvalue weighted by Gasteiger charge is 2.20. The Bertz CT molecular complexity index is 362.